The predicted molar refractivity (Wildman–Crippen MR) is 126 cm³/mol. The van der Waals surface area contributed by atoms with Crippen molar-refractivity contribution in [1.29, 1.82) is 0 Å². The van der Waals surface area contributed by atoms with Crippen LogP contribution >= 0.6 is 0 Å². The topological polar surface area (TPSA) is 47.9 Å². The zero-order valence-corrected chi connectivity index (χ0v) is 21.2. The zero-order valence-electron chi connectivity index (χ0n) is 20.2. The van der Waals surface area contributed by atoms with Crippen LogP contribution in [-0.2, 0) is 20.5 Å². The summed E-state index contributed by atoms with van der Waals surface area (Å²) in [7, 11) is -1.90. The van der Waals surface area contributed by atoms with Crippen LogP contribution in [0.3, 0.4) is 0 Å². The van der Waals surface area contributed by atoms with Crippen molar-refractivity contribution in [3.63, 3.8) is 0 Å². The van der Waals surface area contributed by atoms with E-state index in [1.54, 1.807) is 0 Å². The molecule has 1 heterocycles. The third-order valence-corrected chi connectivity index (χ3v) is 13.0. The van der Waals surface area contributed by atoms with E-state index in [1.165, 1.54) is 5.56 Å². The van der Waals surface area contributed by atoms with Crippen molar-refractivity contribution in [2.45, 2.75) is 109 Å². The molecular formula is C25H44O4Si. The second kappa shape index (κ2) is 11.2. The fraction of sp³-hybridized carbons (Fsp3) is 0.760. The molecule has 1 aromatic rings. The van der Waals surface area contributed by atoms with Gasteiger partial charge in [-0.3, -0.25) is 0 Å². The van der Waals surface area contributed by atoms with E-state index in [-0.39, 0.29) is 12.2 Å². The first-order valence-corrected chi connectivity index (χ1v) is 13.9. The molecule has 1 N–H and O–H groups in total. The Morgan fingerprint density at radius 2 is 1.67 bits per heavy atom. The van der Waals surface area contributed by atoms with Crippen LogP contribution in [0.15, 0.2) is 30.3 Å². The smallest absolute Gasteiger partial charge is 0.200 e. The summed E-state index contributed by atoms with van der Waals surface area (Å²) in [6, 6.07) is 10.2. The fourth-order valence-corrected chi connectivity index (χ4v) is 10.8. The quantitative estimate of drug-likeness (QED) is 0.427. The molecular weight excluding hydrogens is 392 g/mol. The minimum absolute atomic E-state index is 0.0289. The molecule has 0 spiro atoms. The number of aliphatic hydroxyl groups is 1. The van der Waals surface area contributed by atoms with Crippen LogP contribution in [0.5, 0.6) is 0 Å². The minimum atomic E-state index is -1.90. The average molecular weight is 437 g/mol. The summed E-state index contributed by atoms with van der Waals surface area (Å²) in [4.78, 5) is 0. The van der Waals surface area contributed by atoms with Crippen LogP contribution in [0.2, 0.25) is 16.6 Å². The molecule has 0 amide bonds. The van der Waals surface area contributed by atoms with Crippen molar-refractivity contribution in [3.05, 3.63) is 35.9 Å². The lowest BCUT2D eigenvalue weighted by atomic mass is 9.87. The van der Waals surface area contributed by atoms with E-state index in [9.17, 15) is 5.11 Å². The maximum absolute atomic E-state index is 10.9. The normalized spacial score (nSPS) is 25.4. The molecule has 2 rings (SSSR count). The van der Waals surface area contributed by atoms with Gasteiger partial charge in [0.2, 0.25) is 0 Å². The second-order valence-corrected chi connectivity index (χ2v) is 15.6. The van der Waals surface area contributed by atoms with Crippen molar-refractivity contribution < 1.29 is 19.0 Å². The molecule has 0 saturated carbocycles. The molecule has 1 aromatic carbocycles. The van der Waals surface area contributed by atoms with E-state index in [1.807, 2.05) is 25.1 Å². The van der Waals surface area contributed by atoms with Gasteiger partial charge in [0.1, 0.15) is 0 Å². The van der Waals surface area contributed by atoms with Crippen molar-refractivity contribution >= 4 is 8.32 Å². The molecule has 1 saturated heterocycles. The molecule has 1 aliphatic rings. The molecule has 30 heavy (non-hydrogen) atoms. The zero-order chi connectivity index (χ0) is 22.4. The van der Waals surface area contributed by atoms with Gasteiger partial charge in [0, 0.05) is 6.61 Å². The fourth-order valence-electron chi connectivity index (χ4n) is 5.29. The summed E-state index contributed by atoms with van der Waals surface area (Å²) in [6.45, 7) is 17.5. The summed E-state index contributed by atoms with van der Waals surface area (Å²) in [5.74, 6) is 0. The van der Waals surface area contributed by atoms with Gasteiger partial charge in [-0.2, -0.15) is 0 Å². The van der Waals surface area contributed by atoms with Gasteiger partial charge < -0.3 is 19.0 Å². The summed E-state index contributed by atoms with van der Waals surface area (Å²) < 4.78 is 18.9. The Balaban J connectivity index is 1.89. The lowest BCUT2D eigenvalue weighted by molar-refractivity contribution is -0.185. The van der Waals surface area contributed by atoms with E-state index in [0.29, 0.717) is 36.4 Å². The van der Waals surface area contributed by atoms with Crippen LogP contribution in [0.25, 0.3) is 0 Å². The lowest BCUT2D eigenvalue weighted by Gasteiger charge is -2.44. The maximum Gasteiger partial charge on any atom is 0.200 e. The largest absolute Gasteiger partial charge is 0.416 e. The van der Waals surface area contributed by atoms with Crippen LogP contribution in [0.1, 0.15) is 73.3 Å². The summed E-state index contributed by atoms with van der Waals surface area (Å²) in [5, 5.41) is 10.9. The molecule has 0 aromatic heterocycles. The van der Waals surface area contributed by atoms with E-state index >= 15 is 0 Å². The van der Waals surface area contributed by atoms with Crippen molar-refractivity contribution in [2.24, 2.45) is 0 Å². The molecule has 0 unspecified atom stereocenters. The first-order chi connectivity index (χ1) is 14.1. The Labute approximate surface area is 185 Å². The highest BCUT2D eigenvalue weighted by Crippen LogP contribution is 2.42. The number of hydrogen-bond acceptors (Lipinski definition) is 4. The van der Waals surface area contributed by atoms with Crippen LogP contribution in [-0.4, -0.2) is 44.4 Å². The Bertz CT molecular complexity index is 593. The average Bonchev–Trinajstić information content (AvgIpc) is 2.67. The van der Waals surface area contributed by atoms with Crippen LogP contribution in [0, 0.1) is 0 Å². The molecule has 5 heteroatoms. The Kier molecular flexibility index (Phi) is 9.56. The minimum Gasteiger partial charge on any atom is -0.416 e. The lowest BCUT2D eigenvalue weighted by Crippen LogP contribution is -2.51. The number of benzene rings is 1. The van der Waals surface area contributed by atoms with Gasteiger partial charge in [0.05, 0.1) is 31.0 Å². The standard InChI is InChI=1S/C25H44O4Si/c1-19(2)30(20(3)4,21(5)6)28-16-14-24-25(7,26)15-13-23(29-24)18-27-17-22-11-9-8-10-12-22/h8-12,19-21,23-24,26H,13-18H2,1-7H3/t23-,24-,25-/m1/s1. The van der Waals surface area contributed by atoms with Crippen molar-refractivity contribution in [1.82, 2.24) is 0 Å². The van der Waals surface area contributed by atoms with E-state index in [2.05, 4.69) is 53.7 Å². The Morgan fingerprint density at radius 1 is 1.07 bits per heavy atom. The molecule has 0 bridgehead atoms. The predicted octanol–water partition coefficient (Wildman–Crippen LogP) is 6.08. The third kappa shape index (κ3) is 6.39. The molecule has 4 nitrogen and oxygen atoms in total. The maximum atomic E-state index is 10.9. The highest BCUT2D eigenvalue weighted by molar-refractivity contribution is 6.77. The highest BCUT2D eigenvalue weighted by Gasteiger charge is 2.46. The molecule has 0 aliphatic carbocycles. The Hall–Kier alpha value is -0.723. The van der Waals surface area contributed by atoms with Gasteiger partial charge >= 0.3 is 0 Å². The Morgan fingerprint density at radius 3 is 2.23 bits per heavy atom. The summed E-state index contributed by atoms with van der Waals surface area (Å²) in [5.41, 5.74) is 2.04. The number of ether oxygens (including phenoxy) is 2. The number of hydrogen-bond donors (Lipinski definition) is 1. The van der Waals surface area contributed by atoms with E-state index < -0.39 is 13.9 Å². The van der Waals surface area contributed by atoms with Crippen LogP contribution < -0.4 is 0 Å². The highest BCUT2D eigenvalue weighted by atomic mass is 28.4. The first-order valence-electron chi connectivity index (χ1n) is 11.7. The second-order valence-electron chi connectivity index (χ2n) is 10.1. The van der Waals surface area contributed by atoms with Gasteiger partial charge in [-0.15, -0.1) is 0 Å². The molecule has 0 radical (unpaired) electrons. The van der Waals surface area contributed by atoms with Crippen molar-refractivity contribution in [2.75, 3.05) is 13.2 Å². The molecule has 1 aliphatic heterocycles. The number of rotatable bonds is 11. The van der Waals surface area contributed by atoms with Gasteiger partial charge in [-0.1, -0.05) is 71.9 Å². The van der Waals surface area contributed by atoms with E-state index in [0.717, 1.165) is 19.3 Å². The van der Waals surface area contributed by atoms with Gasteiger partial charge in [-0.25, -0.2) is 0 Å². The van der Waals surface area contributed by atoms with Crippen LogP contribution in [0.4, 0.5) is 0 Å². The summed E-state index contributed by atoms with van der Waals surface area (Å²) >= 11 is 0. The third-order valence-electron chi connectivity index (χ3n) is 6.88. The van der Waals surface area contributed by atoms with E-state index in [4.69, 9.17) is 13.9 Å². The monoisotopic (exact) mass is 436 g/mol. The molecule has 1 fully saturated rings. The first kappa shape index (κ1) is 25.5. The van der Waals surface area contributed by atoms with Gasteiger partial charge in [0.25, 0.3) is 0 Å². The van der Waals surface area contributed by atoms with Crippen molar-refractivity contribution in [3.8, 4) is 0 Å². The molecule has 172 valence electrons. The molecule has 3 atom stereocenters. The van der Waals surface area contributed by atoms with Gasteiger partial charge in [-0.05, 0) is 48.4 Å². The van der Waals surface area contributed by atoms with Gasteiger partial charge in [0.15, 0.2) is 8.32 Å². The summed E-state index contributed by atoms with van der Waals surface area (Å²) in [6.07, 6.45) is 2.10. The SMILES string of the molecule is CC(C)[Si](OCC[C@H]1O[C@@H](COCc2ccccc2)CC[C@@]1(C)O)(C(C)C)C(C)C.